The average molecular weight is 464 g/mol. The fourth-order valence-electron chi connectivity index (χ4n) is 2.77. The molecule has 1 saturated heterocycles. The molecule has 2 aromatic carbocycles. The zero-order chi connectivity index (χ0) is 20.3. The molecule has 1 aliphatic rings. The summed E-state index contributed by atoms with van der Waals surface area (Å²) in [5, 5.41) is 0.755. The van der Waals surface area contributed by atoms with Crippen molar-refractivity contribution in [2.75, 3.05) is 32.8 Å². The van der Waals surface area contributed by atoms with E-state index in [1.165, 1.54) is 22.5 Å². The third kappa shape index (κ3) is 4.72. The summed E-state index contributed by atoms with van der Waals surface area (Å²) in [6.07, 6.45) is 0. The van der Waals surface area contributed by atoms with Crippen molar-refractivity contribution in [2.45, 2.75) is 4.90 Å². The Balaban J connectivity index is 1.58. The Labute approximate surface area is 178 Å². The van der Waals surface area contributed by atoms with Gasteiger partial charge in [0.2, 0.25) is 10.0 Å². The monoisotopic (exact) mass is 462 g/mol. The van der Waals surface area contributed by atoms with Crippen molar-refractivity contribution in [2.24, 2.45) is 0 Å². The van der Waals surface area contributed by atoms with Crippen LogP contribution in [0.5, 0.6) is 5.75 Å². The standard InChI is InChI=1S/C18H17Cl3N2O4S/c19-13-4-6-14(7-5-13)27-12-17(24)22-8-10-23(11-9-22)28(25,26)16-3-1-2-15(20)18(16)21/h1-7H,8-12H2. The van der Waals surface area contributed by atoms with Gasteiger partial charge < -0.3 is 9.64 Å². The number of hydrogen-bond donors (Lipinski definition) is 0. The lowest BCUT2D eigenvalue weighted by Gasteiger charge is -2.34. The van der Waals surface area contributed by atoms with E-state index in [9.17, 15) is 13.2 Å². The first kappa shape index (κ1) is 21.2. The Bertz CT molecular complexity index is 959. The molecule has 3 rings (SSSR count). The molecule has 0 aliphatic carbocycles. The molecule has 1 heterocycles. The van der Waals surface area contributed by atoms with E-state index in [4.69, 9.17) is 39.5 Å². The number of sulfonamides is 1. The van der Waals surface area contributed by atoms with Crippen molar-refractivity contribution in [3.63, 3.8) is 0 Å². The van der Waals surface area contributed by atoms with Gasteiger partial charge >= 0.3 is 0 Å². The molecule has 0 unspecified atom stereocenters. The van der Waals surface area contributed by atoms with Gasteiger partial charge in [-0.25, -0.2) is 8.42 Å². The highest BCUT2D eigenvalue weighted by Gasteiger charge is 2.32. The normalized spacial score (nSPS) is 15.5. The molecule has 0 atom stereocenters. The smallest absolute Gasteiger partial charge is 0.260 e. The van der Waals surface area contributed by atoms with E-state index in [0.717, 1.165) is 0 Å². The molecule has 0 saturated carbocycles. The Kier molecular flexibility index (Phi) is 6.73. The van der Waals surface area contributed by atoms with Crippen molar-refractivity contribution in [1.82, 2.24) is 9.21 Å². The van der Waals surface area contributed by atoms with E-state index in [2.05, 4.69) is 0 Å². The van der Waals surface area contributed by atoms with E-state index >= 15 is 0 Å². The van der Waals surface area contributed by atoms with Crippen LogP contribution in [0.15, 0.2) is 47.4 Å². The van der Waals surface area contributed by atoms with Crippen LogP contribution in [0.3, 0.4) is 0 Å². The number of rotatable bonds is 5. The zero-order valence-electron chi connectivity index (χ0n) is 14.6. The molecule has 0 spiro atoms. The molecular weight excluding hydrogens is 447 g/mol. The van der Waals surface area contributed by atoms with Gasteiger partial charge in [-0.1, -0.05) is 40.9 Å². The van der Waals surface area contributed by atoms with Gasteiger partial charge in [-0.3, -0.25) is 4.79 Å². The van der Waals surface area contributed by atoms with Gasteiger partial charge in [0.25, 0.3) is 5.91 Å². The number of piperazine rings is 1. The molecule has 0 aromatic heterocycles. The first-order valence-electron chi connectivity index (χ1n) is 8.39. The van der Waals surface area contributed by atoms with Crippen LogP contribution in [0.2, 0.25) is 15.1 Å². The van der Waals surface area contributed by atoms with Gasteiger partial charge in [-0.15, -0.1) is 0 Å². The predicted molar refractivity (Wildman–Crippen MR) is 109 cm³/mol. The molecule has 1 amide bonds. The lowest BCUT2D eigenvalue weighted by Crippen LogP contribution is -2.51. The zero-order valence-corrected chi connectivity index (χ0v) is 17.7. The molecule has 28 heavy (non-hydrogen) atoms. The quantitative estimate of drug-likeness (QED) is 0.680. The van der Waals surface area contributed by atoms with Crippen LogP contribution in [0.1, 0.15) is 0 Å². The first-order chi connectivity index (χ1) is 13.3. The minimum atomic E-state index is -3.79. The third-order valence-electron chi connectivity index (χ3n) is 4.30. The Hall–Kier alpha value is -1.51. The summed E-state index contributed by atoms with van der Waals surface area (Å²) >= 11 is 17.8. The summed E-state index contributed by atoms with van der Waals surface area (Å²) in [4.78, 5) is 13.9. The van der Waals surface area contributed by atoms with Gasteiger partial charge in [0.1, 0.15) is 10.6 Å². The second-order valence-electron chi connectivity index (χ2n) is 6.08. The maximum Gasteiger partial charge on any atom is 0.260 e. The number of halogens is 3. The largest absolute Gasteiger partial charge is 0.484 e. The van der Waals surface area contributed by atoms with Gasteiger partial charge in [0, 0.05) is 31.2 Å². The van der Waals surface area contributed by atoms with Gasteiger partial charge in [0.15, 0.2) is 6.61 Å². The van der Waals surface area contributed by atoms with Crippen LogP contribution in [0.4, 0.5) is 0 Å². The molecule has 0 bridgehead atoms. The number of hydrogen-bond acceptors (Lipinski definition) is 4. The summed E-state index contributed by atoms with van der Waals surface area (Å²) in [7, 11) is -3.79. The molecule has 6 nitrogen and oxygen atoms in total. The minimum Gasteiger partial charge on any atom is -0.484 e. The predicted octanol–water partition coefficient (Wildman–Crippen LogP) is 3.56. The van der Waals surface area contributed by atoms with Crippen molar-refractivity contribution in [3.8, 4) is 5.75 Å². The maximum atomic E-state index is 12.8. The Morgan fingerprint density at radius 1 is 0.964 bits per heavy atom. The van der Waals surface area contributed by atoms with Crippen LogP contribution < -0.4 is 4.74 Å². The Morgan fingerprint density at radius 3 is 2.25 bits per heavy atom. The molecule has 0 N–H and O–H groups in total. The van der Waals surface area contributed by atoms with Crippen LogP contribution in [0.25, 0.3) is 0 Å². The fourth-order valence-corrected chi connectivity index (χ4v) is 5.05. The van der Waals surface area contributed by atoms with Crippen LogP contribution in [0, 0.1) is 0 Å². The van der Waals surface area contributed by atoms with Gasteiger partial charge in [-0.05, 0) is 36.4 Å². The lowest BCUT2D eigenvalue weighted by molar-refractivity contribution is -0.134. The number of nitrogens with zero attached hydrogens (tertiary/aromatic N) is 2. The average Bonchev–Trinajstić information content (AvgIpc) is 2.69. The topological polar surface area (TPSA) is 66.9 Å². The molecule has 2 aromatic rings. The molecule has 1 fully saturated rings. The second kappa shape index (κ2) is 8.88. The highest BCUT2D eigenvalue weighted by Crippen LogP contribution is 2.31. The number of carbonyl (C=O) groups excluding carboxylic acids is 1. The van der Waals surface area contributed by atoms with Crippen LogP contribution >= 0.6 is 34.8 Å². The number of carbonyl (C=O) groups is 1. The summed E-state index contributed by atoms with van der Waals surface area (Å²) in [5.74, 6) is 0.322. The number of amides is 1. The molecule has 150 valence electrons. The SMILES string of the molecule is O=C(COc1ccc(Cl)cc1)N1CCN(S(=O)(=O)c2cccc(Cl)c2Cl)CC1. The van der Waals surface area contributed by atoms with E-state index in [1.807, 2.05) is 0 Å². The van der Waals surface area contributed by atoms with Crippen molar-refractivity contribution >= 4 is 50.7 Å². The van der Waals surface area contributed by atoms with Crippen LogP contribution in [-0.2, 0) is 14.8 Å². The van der Waals surface area contributed by atoms with E-state index < -0.39 is 10.0 Å². The van der Waals surface area contributed by atoms with E-state index in [0.29, 0.717) is 10.8 Å². The highest BCUT2D eigenvalue weighted by molar-refractivity contribution is 7.89. The van der Waals surface area contributed by atoms with Crippen molar-refractivity contribution in [1.29, 1.82) is 0 Å². The lowest BCUT2D eigenvalue weighted by atomic mass is 10.3. The highest BCUT2D eigenvalue weighted by atomic mass is 35.5. The van der Waals surface area contributed by atoms with Crippen molar-refractivity contribution in [3.05, 3.63) is 57.5 Å². The van der Waals surface area contributed by atoms with Gasteiger partial charge in [-0.2, -0.15) is 4.31 Å². The van der Waals surface area contributed by atoms with E-state index in [1.54, 1.807) is 29.2 Å². The number of ether oxygens (including phenoxy) is 1. The summed E-state index contributed by atoms with van der Waals surface area (Å²) < 4.78 is 32.4. The van der Waals surface area contributed by atoms with Crippen molar-refractivity contribution < 1.29 is 17.9 Å². The molecule has 1 aliphatic heterocycles. The molecular formula is C18H17Cl3N2O4S. The number of benzene rings is 2. The summed E-state index contributed by atoms with van der Waals surface area (Å²) in [6, 6.07) is 11.2. The molecule has 0 radical (unpaired) electrons. The van der Waals surface area contributed by atoms with Crippen LogP contribution in [-0.4, -0.2) is 56.3 Å². The van der Waals surface area contributed by atoms with Gasteiger partial charge in [0.05, 0.1) is 10.0 Å². The third-order valence-corrected chi connectivity index (χ3v) is 7.43. The maximum absolute atomic E-state index is 12.8. The summed E-state index contributed by atoms with van der Waals surface area (Å²) in [5.41, 5.74) is 0. The molecule has 10 heteroatoms. The minimum absolute atomic E-state index is 0.000892. The summed E-state index contributed by atoms with van der Waals surface area (Å²) in [6.45, 7) is 0.727. The fraction of sp³-hybridized carbons (Fsp3) is 0.278. The first-order valence-corrected chi connectivity index (χ1v) is 11.0. The Morgan fingerprint density at radius 2 is 1.61 bits per heavy atom. The van der Waals surface area contributed by atoms with E-state index in [-0.39, 0.29) is 53.6 Å². The second-order valence-corrected chi connectivity index (χ2v) is 9.21.